The lowest BCUT2D eigenvalue weighted by molar-refractivity contribution is 0.475. The van der Waals surface area contributed by atoms with Crippen LogP contribution >= 0.6 is 0 Å². The number of phenolic OH excluding ortho intramolecular Hbond substituents is 1. The standard InChI is InChI=1S/C14H17N3O3.C2H6/c1-9(2)17-13(19)7-12(16-14(17)20)15-8-10-3-5-11(18)6-4-10;1-2/h3-7,9,15,18H,8H2,1-2H3,(H,16,20);1-2H3. The maximum absolute atomic E-state index is 11.8. The van der Waals surface area contributed by atoms with Crippen molar-refractivity contribution in [2.24, 2.45) is 0 Å². The second-order valence-corrected chi connectivity index (χ2v) is 4.81. The molecule has 1 heterocycles. The predicted molar refractivity (Wildman–Crippen MR) is 88.5 cm³/mol. The molecule has 0 saturated heterocycles. The molecule has 22 heavy (non-hydrogen) atoms. The van der Waals surface area contributed by atoms with E-state index in [-0.39, 0.29) is 17.4 Å². The molecule has 0 radical (unpaired) electrons. The van der Waals surface area contributed by atoms with E-state index in [0.717, 1.165) is 10.1 Å². The lowest BCUT2D eigenvalue weighted by Crippen LogP contribution is -2.36. The number of benzene rings is 1. The minimum Gasteiger partial charge on any atom is -0.508 e. The minimum absolute atomic E-state index is 0.183. The van der Waals surface area contributed by atoms with Gasteiger partial charge in [0.25, 0.3) is 5.56 Å². The molecule has 0 unspecified atom stereocenters. The van der Waals surface area contributed by atoms with Crippen LogP contribution < -0.4 is 16.6 Å². The smallest absolute Gasteiger partial charge is 0.330 e. The summed E-state index contributed by atoms with van der Waals surface area (Å²) in [5.74, 6) is 0.576. The van der Waals surface area contributed by atoms with Crippen LogP contribution in [0.15, 0.2) is 39.9 Å². The fourth-order valence-electron chi connectivity index (χ4n) is 1.90. The number of aromatic hydroxyl groups is 1. The molecule has 0 aliphatic heterocycles. The maximum Gasteiger partial charge on any atom is 0.330 e. The Morgan fingerprint density at radius 2 is 1.77 bits per heavy atom. The Kier molecular flexibility index (Phi) is 6.44. The van der Waals surface area contributed by atoms with Crippen LogP contribution in [0.3, 0.4) is 0 Å². The average molecular weight is 305 g/mol. The highest BCUT2D eigenvalue weighted by Gasteiger charge is 2.07. The van der Waals surface area contributed by atoms with Gasteiger partial charge in [-0.2, -0.15) is 0 Å². The van der Waals surface area contributed by atoms with Crippen LogP contribution in [0.5, 0.6) is 5.75 Å². The van der Waals surface area contributed by atoms with Crippen molar-refractivity contribution in [3.63, 3.8) is 0 Å². The molecule has 0 saturated carbocycles. The van der Waals surface area contributed by atoms with Gasteiger partial charge in [-0.25, -0.2) is 4.79 Å². The molecule has 0 fully saturated rings. The molecule has 0 aliphatic rings. The van der Waals surface area contributed by atoms with Gasteiger partial charge in [0.2, 0.25) is 0 Å². The second kappa shape index (κ2) is 8.07. The first-order valence-electron chi connectivity index (χ1n) is 7.35. The molecule has 0 amide bonds. The quantitative estimate of drug-likeness (QED) is 0.810. The number of hydrogen-bond acceptors (Lipinski definition) is 4. The van der Waals surface area contributed by atoms with Crippen molar-refractivity contribution in [2.45, 2.75) is 40.3 Å². The van der Waals surface area contributed by atoms with Gasteiger partial charge in [0.15, 0.2) is 0 Å². The van der Waals surface area contributed by atoms with Crippen LogP contribution in [-0.4, -0.2) is 14.7 Å². The summed E-state index contributed by atoms with van der Waals surface area (Å²) in [5.41, 5.74) is 0.161. The lowest BCUT2D eigenvalue weighted by atomic mass is 10.2. The molecule has 0 atom stereocenters. The maximum atomic E-state index is 11.8. The third-order valence-electron chi connectivity index (χ3n) is 2.90. The number of aromatic amines is 1. The Morgan fingerprint density at radius 3 is 2.27 bits per heavy atom. The van der Waals surface area contributed by atoms with Crippen LogP contribution in [0.1, 0.15) is 39.3 Å². The summed E-state index contributed by atoms with van der Waals surface area (Å²) in [6, 6.07) is 7.86. The van der Waals surface area contributed by atoms with Gasteiger partial charge < -0.3 is 10.4 Å². The Labute approximate surface area is 129 Å². The number of nitrogens with zero attached hydrogens (tertiary/aromatic N) is 1. The normalized spacial score (nSPS) is 10.0. The number of aromatic nitrogens is 2. The summed E-state index contributed by atoms with van der Waals surface area (Å²) < 4.78 is 1.16. The number of anilines is 1. The van der Waals surface area contributed by atoms with Crippen molar-refractivity contribution < 1.29 is 5.11 Å². The second-order valence-electron chi connectivity index (χ2n) is 4.81. The van der Waals surface area contributed by atoms with E-state index in [0.29, 0.717) is 12.4 Å². The van der Waals surface area contributed by atoms with Crippen molar-refractivity contribution >= 4 is 5.82 Å². The summed E-state index contributed by atoms with van der Waals surface area (Å²) in [5, 5.41) is 12.2. The summed E-state index contributed by atoms with van der Waals surface area (Å²) >= 11 is 0. The van der Waals surface area contributed by atoms with Crippen LogP contribution in [0.25, 0.3) is 0 Å². The van der Waals surface area contributed by atoms with Gasteiger partial charge in [-0.3, -0.25) is 14.3 Å². The van der Waals surface area contributed by atoms with Gasteiger partial charge in [0.1, 0.15) is 11.6 Å². The molecule has 6 heteroatoms. The van der Waals surface area contributed by atoms with E-state index < -0.39 is 5.69 Å². The Morgan fingerprint density at radius 1 is 1.18 bits per heavy atom. The van der Waals surface area contributed by atoms with Gasteiger partial charge in [0, 0.05) is 18.7 Å². The zero-order chi connectivity index (χ0) is 16.7. The topological polar surface area (TPSA) is 87.1 Å². The van der Waals surface area contributed by atoms with E-state index >= 15 is 0 Å². The predicted octanol–water partition coefficient (Wildman–Crippen LogP) is 2.46. The molecule has 2 aromatic rings. The Bertz CT molecular complexity index is 669. The highest BCUT2D eigenvalue weighted by molar-refractivity contribution is 5.35. The molecule has 0 bridgehead atoms. The van der Waals surface area contributed by atoms with Crippen LogP contribution in [0, 0.1) is 0 Å². The third kappa shape index (κ3) is 4.51. The van der Waals surface area contributed by atoms with Gasteiger partial charge in [-0.15, -0.1) is 0 Å². The largest absolute Gasteiger partial charge is 0.508 e. The van der Waals surface area contributed by atoms with E-state index in [1.165, 1.54) is 6.07 Å². The molecule has 6 nitrogen and oxygen atoms in total. The van der Waals surface area contributed by atoms with E-state index in [1.807, 2.05) is 13.8 Å². The van der Waals surface area contributed by atoms with E-state index in [4.69, 9.17) is 0 Å². The molecule has 3 N–H and O–H groups in total. The molecule has 120 valence electrons. The first-order valence-corrected chi connectivity index (χ1v) is 7.35. The van der Waals surface area contributed by atoms with Gasteiger partial charge in [0.05, 0.1) is 0 Å². The fourth-order valence-corrected chi connectivity index (χ4v) is 1.90. The first-order chi connectivity index (χ1) is 10.5. The number of hydrogen-bond donors (Lipinski definition) is 3. The van der Waals surface area contributed by atoms with Crippen molar-refractivity contribution in [1.82, 2.24) is 9.55 Å². The van der Waals surface area contributed by atoms with E-state index in [2.05, 4.69) is 10.3 Å². The third-order valence-corrected chi connectivity index (χ3v) is 2.90. The van der Waals surface area contributed by atoms with Crippen molar-refractivity contribution in [3.8, 4) is 5.75 Å². The van der Waals surface area contributed by atoms with Gasteiger partial charge in [-0.05, 0) is 31.5 Å². The summed E-state index contributed by atoms with van der Waals surface area (Å²) in [4.78, 5) is 26.2. The lowest BCUT2D eigenvalue weighted by Gasteiger charge is -2.10. The zero-order valence-electron chi connectivity index (χ0n) is 13.4. The SMILES string of the molecule is CC.CC(C)n1c(=O)cc(NCc2ccc(O)cc2)[nH]c1=O. The fraction of sp³-hybridized carbons (Fsp3) is 0.375. The molecule has 0 aliphatic carbocycles. The zero-order valence-corrected chi connectivity index (χ0v) is 13.4. The molecule has 1 aromatic carbocycles. The van der Waals surface area contributed by atoms with Crippen molar-refractivity contribution in [3.05, 3.63) is 56.7 Å². The van der Waals surface area contributed by atoms with Gasteiger partial charge >= 0.3 is 5.69 Å². The number of rotatable bonds is 4. The monoisotopic (exact) mass is 305 g/mol. The van der Waals surface area contributed by atoms with Crippen LogP contribution in [-0.2, 0) is 6.54 Å². The molecule has 2 rings (SSSR count). The summed E-state index contributed by atoms with van der Waals surface area (Å²) in [7, 11) is 0. The number of phenols is 1. The number of H-pyrrole nitrogens is 1. The van der Waals surface area contributed by atoms with Crippen LogP contribution in [0.2, 0.25) is 0 Å². The first kappa shape index (κ1) is 17.6. The molecular weight excluding hydrogens is 282 g/mol. The molecule has 1 aromatic heterocycles. The van der Waals surface area contributed by atoms with E-state index in [1.54, 1.807) is 38.1 Å². The Hall–Kier alpha value is -2.50. The Balaban J connectivity index is 0.00000116. The van der Waals surface area contributed by atoms with Crippen molar-refractivity contribution in [2.75, 3.05) is 5.32 Å². The number of nitrogens with one attached hydrogen (secondary N) is 2. The molecular formula is C16H23N3O3. The summed E-state index contributed by atoms with van der Waals surface area (Å²) in [6.07, 6.45) is 0. The summed E-state index contributed by atoms with van der Waals surface area (Å²) in [6.45, 7) is 8.00. The van der Waals surface area contributed by atoms with Crippen LogP contribution in [0.4, 0.5) is 5.82 Å². The minimum atomic E-state index is -0.430. The van der Waals surface area contributed by atoms with Crippen molar-refractivity contribution in [1.29, 1.82) is 0 Å². The van der Waals surface area contributed by atoms with E-state index in [9.17, 15) is 14.7 Å². The highest BCUT2D eigenvalue weighted by Crippen LogP contribution is 2.10. The van der Waals surface area contributed by atoms with Gasteiger partial charge in [-0.1, -0.05) is 26.0 Å². The highest BCUT2D eigenvalue weighted by atomic mass is 16.3. The average Bonchev–Trinajstić information content (AvgIpc) is 2.47. The molecule has 0 spiro atoms.